The number of rotatable bonds is 8. The van der Waals surface area contributed by atoms with Gasteiger partial charge >= 0.3 is 0 Å². The van der Waals surface area contributed by atoms with Crippen LogP contribution in [-0.2, 0) is 9.53 Å². The van der Waals surface area contributed by atoms with Crippen LogP contribution in [0, 0.1) is 0 Å². The first-order valence-electron chi connectivity index (χ1n) is 9.55. The zero-order valence-electron chi connectivity index (χ0n) is 16.7. The molecule has 7 heteroatoms. The molecule has 3 rings (SSSR count). The number of ether oxygens (including phenoxy) is 3. The highest BCUT2D eigenvalue weighted by atomic mass is 16.5. The van der Waals surface area contributed by atoms with Crippen molar-refractivity contribution >= 4 is 11.8 Å². The Morgan fingerprint density at radius 1 is 1.07 bits per heavy atom. The molecule has 2 amide bonds. The van der Waals surface area contributed by atoms with Crippen molar-refractivity contribution in [1.29, 1.82) is 0 Å². The van der Waals surface area contributed by atoms with Crippen LogP contribution in [0.1, 0.15) is 16.8 Å². The van der Waals surface area contributed by atoms with Crippen molar-refractivity contribution in [3.63, 3.8) is 0 Å². The minimum Gasteiger partial charge on any atom is -0.497 e. The largest absolute Gasteiger partial charge is 0.497 e. The fourth-order valence-electron chi connectivity index (χ4n) is 3.36. The van der Waals surface area contributed by atoms with Crippen LogP contribution >= 0.6 is 0 Å². The number of nitrogens with one attached hydrogen (secondary N) is 1. The van der Waals surface area contributed by atoms with Gasteiger partial charge in [-0.3, -0.25) is 9.59 Å². The number of para-hydroxylation sites is 1. The molecular weight excluding hydrogens is 372 g/mol. The third-order valence-corrected chi connectivity index (χ3v) is 4.79. The lowest BCUT2D eigenvalue weighted by Crippen LogP contribution is -2.46. The molecule has 0 aromatic heterocycles. The van der Waals surface area contributed by atoms with Gasteiger partial charge in [0, 0.05) is 25.6 Å². The van der Waals surface area contributed by atoms with E-state index in [1.165, 1.54) is 0 Å². The predicted molar refractivity (Wildman–Crippen MR) is 108 cm³/mol. The zero-order chi connectivity index (χ0) is 20.6. The van der Waals surface area contributed by atoms with E-state index in [1.54, 1.807) is 43.4 Å². The van der Waals surface area contributed by atoms with E-state index in [0.717, 1.165) is 0 Å². The quantitative estimate of drug-likeness (QED) is 0.690. The van der Waals surface area contributed by atoms with Gasteiger partial charge in [-0.25, -0.2) is 0 Å². The third-order valence-electron chi connectivity index (χ3n) is 4.79. The monoisotopic (exact) mass is 398 g/mol. The van der Waals surface area contributed by atoms with Gasteiger partial charge in [0.1, 0.15) is 23.6 Å². The van der Waals surface area contributed by atoms with Crippen LogP contribution in [0.2, 0.25) is 0 Å². The van der Waals surface area contributed by atoms with Crippen molar-refractivity contribution in [3.8, 4) is 11.5 Å². The van der Waals surface area contributed by atoms with E-state index >= 15 is 0 Å². The van der Waals surface area contributed by atoms with Crippen molar-refractivity contribution in [2.45, 2.75) is 18.6 Å². The number of carbonyl (C=O) groups excluding carboxylic acids is 2. The fraction of sp³-hybridized carbons (Fsp3) is 0.364. The van der Waals surface area contributed by atoms with Gasteiger partial charge < -0.3 is 24.4 Å². The molecule has 1 N–H and O–H groups in total. The Morgan fingerprint density at radius 3 is 2.55 bits per heavy atom. The van der Waals surface area contributed by atoms with Crippen molar-refractivity contribution in [2.75, 3.05) is 33.9 Å². The minimum absolute atomic E-state index is 0.211. The van der Waals surface area contributed by atoms with Crippen LogP contribution in [0.25, 0.3) is 0 Å². The van der Waals surface area contributed by atoms with Crippen LogP contribution in [0.3, 0.4) is 0 Å². The van der Waals surface area contributed by atoms with Gasteiger partial charge in [0.25, 0.3) is 5.91 Å². The summed E-state index contributed by atoms with van der Waals surface area (Å²) < 4.78 is 16.2. The van der Waals surface area contributed by atoms with E-state index in [0.29, 0.717) is 43.2 Å². The average Bonchev–Trinajstić information content (AvgIpc) is 3.18. The summed E-state index contributed by atoms with van der Waals surface area (Å²) in [5.74, 6) is 0.868. The Balaban J connectivity index is 1.77. The Labute approximate surface area is 170 Å². The molecule has 0 saturated carbocycles. The summed E-state index contributed by atoms with van der Waals surface area (Å²) >= 11 is 0. The summed E-state index contributed by atoms with van der Waals surface area (Å²) in [4.78, 5) is 27.5. The number of methoxy groups -OCH3 is 2. The van der Waals surface area contributed by atoms with Crippen LogP contribution in [0.5, 0.6) is 11.5 Å². The highest BCUT2D eigenvalue weighted by Crippen LogP contribution is 2.26. The zero-order valence-corrected chi connectivity index (χ0v) is 16.7. The maximum atomic E-state index is 13.2. The molecule has 0 aliphatic carbocycles. The highest BCUT2D eigenvalue weighted by molar-refractivity contribution is 5.98. The lowest BCUT2D eigenvalue weighted by atomic mass is 10.1. The first-order valence-corrected chi connectivity index (χ1v) is 9.55. The molecular formula is C22H26N2O5. The predicted octanol–water partition coefficient (Wildman–Crippen LogP) is 2.12. The van der Waals surface area contributed by atoms with Crippen molar-refractivity contribution in [3.05, 3.63) is 60.2 Å². The molecule has 2 aromatic rings. The molecule has 1 aliphatic heterocycles. The van der Waals surface area contributed by atoms with E-state index in [-0.39, 0.29) is 17.9 Å². The maximum absolute atomic E-state index is 13.2. The van der Waals surface area contributed by atoms with E-state index in [2.05, 4.69) is 5.32 Å². The lowest BCUT2D eigenvalue weighted by molar-refractivity contribution is -0.125. The van der Waals surface area contributed by atoms with Crippen LogP contribution in [0.4, 0.5) is 0 Å². The molecule has 1 saturated heterocycles. The first kappa shape index (κ1) is 20.7. The Hall–Kier alpha value is -3.06. The Bertz CT molecular complexity index is 827. The summed E-state index contributed by atoms with van der Waals surface area (Å²) in [6.45, 7) is 1.12. The standard InChI is InChI=1S/C22H26N2O5/c1-27-12-11-23-21(25)20-14-19(29-17-8-4-3-5-9-17)15-24(20)22(26)16-7-6-10-18(13-16)28-2/h3-10,13,19-20H,11-12,14-15H2,1-2H3,(H,23,25)/t19-,20+/m0/s1. The second-order valence-corrected chi connectivity index (χ2v) is 6.78. The number of benzene rings is 2. The molecule has 1 fully saturated rings. The molecule has 1 aliphatic rings. The molecule has 2 aromatic carbocycles. The smallest absolute Gasteiger partial charge is 0.254 e. The molecule has 0 bridgehead atoms. The molecule has 0 radical (unpaired) electrons. The second kappa shape index (κ2) is 9.93. The molecule has 1 heterocycles. The van der Waals surface area contributed by atoms with Gasteiger partial charge in [0.05, 0.1) is 20.3 Å². The normalized spacial score (nSPS) is 18.3. The molecule has 7 nitrogen and oxygen atoms in total. The SMILES string of the molecule is COCCNC(=O)[C@H]1C[C@H](Oc2ccccc2)CN1C(=O)c1cccc(OC)c1. The van der Waals surface area contributed by atoms with E-state index < -0.39 is 6.04 Å². The van der Waals surface area contributed by atoms with Crippen LogP contribution in [-0.4, -0.2) is 62.8 Å². The van der Waals surface area contributed by atoms with Crippen LogP contribution in [0.15, 0.2) is 54.6 Å². The number of hydrogen-bond acceptors (Lipinski definition) is 5. The maximum Gasteiger partial charge on any atom is 0.254 e. The lowest BCUT2D eigenvalue weighted by Gasteiger charge is -2.23. The highest BCUT2D eigenvalue weighted by Gasteiger charge is 2.41. The van der Waals surface area contributed by atoms with Gasteiger partial charge in [0.15, 0.2) is 0 Å². The van der Waals surface area contributed by atoms with Crippen molar-refractivity contribution in [1.82, 2.24) is 10.2 Å². The summed E-state index contributed by atoms with van der Waals surface area (Å²) in [6, 6.07) is 15.7. The summed E-state index contributed by atoms with van der Waals surface area (Å²) in [6.07, 6.45) is 0.147. The topological polar surface area (TPSA) is 77.1 Å². The number of hydrogen-bond donors (Lipinski definition) is 1. The van der Waals surface area contributed by atoms with E-state index in [1.807, 2.05) is 30.3 Å². The van der Waals surface area contributed by atoms with Gasteiger partial charge in [-0.2, -0.15) is 0 Å². The molecule has 2 atom stereocenters. The number of likely N-dealkylation sites (tertiary alicyclic amines) is 1. The van der Waals surface area contributed by atoms with E-state index in [9.17, 15) is 9.59 Å². The van der Waals surface area contributed by atoms with Gasteiger partial charge in [-0.1, -0.05) is 24.3 Å². The number of amides is 2. The van der Waals surface area contributed by atoms with Crippen molar-refractivity contribution < 1.29 is 23.8 Å². The molecule has 0 unspecified atom stereocenters. The van der Waals surface area contributed by atoms with Gasteiger partial charge in [0.2, 0.25) is 5.91 Å². The fourth-order valence-corrected chi connectivity index (χ4v) is 3.36. The molecule has 0 spiro atoms. The summed E-state index contributed by atoms with van der Waals surface area (Å²) in [5, 5.41) is 2.83. The van der Waals surface area contributed by atoms with Gasteiger partial charge in [-0.05, 0) is 30.3 Å². The molecule has 29 heavy (non-hydrogen) atoms. The summed E-state index contributed by atoms with van der Waals surface area (Å²) in [5.41, 5.74) is 0.472. The Kier molecular flexibility index (Phi) is 7.08. The minimum atomic E-state index is -0.612. The Morgan fingerprint density at radius 2 is 1.83 bits per heavy atom. The first-order chi connectivity index (χ1) is 14.1. The van der Waals surface area contributed by atoms with E-state index in [4.69, 9.17) is 14.2 Å². The number of carbonyl (C=O) groups is 2. The average molecular weight is 398 g/mol. The number of nitrogens with zero attached hydrogens (tertiary/aromatic N) is 1. The second-order valence-electron chi connectivity index (χ2n) is 6.78. The third kappa shape index (κ3) is 5.26. The van der Waals surface area contributed by atoms with Crippen molar-refractivity contribution in [2.24, 2.45) is 0 Å². The molecule has 154 valence electrons. The van der Waals surface area contributed by atoms with Crippen LogP contribution < -0.4 is 14.8 Å². The van der Waals surface area contributed by atoms with Gasteiger partial charge in [-0.15, -0.1) is 0 Å². The summed E-state index contributed by atoms with van der Waals surface area (Å²) in [7, 11) is 3.12.